The lowest BCUT2D eigenvalue weighted by Gasteiger charge is -2.35. The van der Waals surface area contributed by atoms with E-state index in [0.29, 0.717) is 24.1 Å². The van der Waals surface area contributed by atoms with E-state index in [0.717, 1.165) is 42.2 Å². The quantitative estimate of drug-likeness (QED) is 0.518. The van der Waals surface area contributed by atoms with Crippen molar-refractivity contribution >= 4 is 34.6 Å². The number of thioether (sulfide) groups is 1. The van der Waals surface area contributed by atoms with E-state index in [1.165, 1.54) is 29.3 Å². The summed E-state index contributed by atoms with van der Waals surface area (Å²) in [5.41, 5.74) is 4.36. The van der Waals surface area contributed by atoms with E-state index in [2.05, 4.69) is 32.0 Å². The summed E-state index contributed by atoms with van der Waals surface area (Å²) in [4.78, 5) is 35.0. The number of aromatic nitrogens is 2. The number of hydrogen-bond acceptors (Lipinski definition) is 4. The van der Waals surface area contributed by atoms with Gasteiger partial charge in [0.15, 0.2) is 5.16 Å². The van der Waals surface area contributed by atoms with E-state index in [9.17, 15) is 9.59 Å². The Bertz CT molecular complexity index is 1200. The molecule has 0 unspecified atom stereocenters. The van der Waals surface area contributed by atoms with Crippen molar-refractivity contribution in [1.29, 1.82) is 0 Å². The highest BCUT2D eigenvalue weighted by atomic mass is 32.2. The second-order valence-electron chi connectivity index (χ2n) is 9.84. The Morgan fingerprint density at radius 2 is 1.65 bits per heavy atom. The molecule has 1 fully saturated rings. The van der Waals surface area contributed by atoms with Crippen molar-refractivity contribution in [3.8, 4) is 0 Å². The van der Waals surface area contributed by atoms with Gasteiger partial charge in [-0.15, -0.1) is 0 Å². The molecule has 0 saturated carbocycles. The number of hydrogen-bond donors (Lipinski definition) is 0. The molecule has 34 heavy (non-hydrogen) atoms. The van der Waals surface area contributed by atoms with Crippen LogP contribution in [0.5, 0.6) is 0 Å². The summed E-state index contributed by atoms with van der Waals surface area (Å²) in [5.74, 6) is 1.60. The molecule has 0 aliphatic carbocycles. The molecule has 2 amide bonds. The molecule has 1 aromatic heterocycles. The van der Waals surface area contributed by atoms with Gasteiger partial charge in [-0.2, -0.15) is 0 Å². The number of imidazole rings is 1. The third-order valence-electron chi connectivity index (χ3n) is 6.94. The molecular weight excluding hydrogens is 444 g/mol. The first-order chi connectivity index (χ1) is 16.5. The van der Waals surface area contributed by atoms with E-state index < -0.39 is 0 Å². The maximum atomic E-state index is 13.2. The van der Waals surface area contributed by atoms with Gasteiger partial charge in [-0.1, -0.05) is 62.0 Å². The fraction of sp³-hybridized carbons (Fsp3) is 0.444. The topological polar surface area (TPSA) is 58.4 Å². The van der Waals surface area contributed by atoms with Crippen molar-refractivity contribution in [2.45, 2.75) is 44.9 Å². The number of piperidine rings is 1. The molecule has 7 heteroatoms. The zero-order valence-corrected chi connectivity index (χ0v) is 20.8. The smallest absolute Gasteiger partial charge is 0.242 e. The van der Waals surface area contributed by atoms with Crippen LogP contribution in [-0.4, -0.2) is 56.6 Å². The van der Waals surface area contributed by atoms with Crippen LogP contribution in [0.4, 0.5) is 0 Å². The first-order valence-electron chi connectivity index (χ1n) is 12.2. The van der Waals surface area contributed by atoms with Gasteiger partial charge in [-0.05, 0) is 47.9 Å². The van der Waals surface area contributed by atoms with Gasteiger partial charge in [0.2, 0.25) is 11.8 Å². The molecule has 0 bridgehead atoms. The summed E-state index contributed by atoms with van der Waals surface area (Å²) in [7, 11) is 0. The second kappa shape index (κ2) is 9.82. The zero-order chi connectivity index (χ0) is 23.7. The normalized spacial score (nSPS) is 20.4. The number of para-hydroxylation sites is 2. The zero-order valence-electron chi connectivity index (χ0n) is 19.9. The van der Waals surface area contributed by atoms with Gasteiger partial charge in [0.1, 0.15) is 6.54 Å². The van der Waals surface area contributed by atoms with Crippen molar-refractivity contribution in [3.63, 3.8) is 0 Å². The summed E-state index contributed by atoms with van der Waals surface area (Å²) in [6.07, 6.45) is 2.06. The minimum atomic E-state index is 0.114. The molecule has 2 aliphatic rings. The Balaban J connectivity index is 1.30. The maximum Gasteiger partial charge on any atom is 0.242 e. The Morgan fingerprint density at radius 3 is 2.44 bits per heavy atom. The van der Waals surface area contributed by atoms with Crippen LogP contribution in [0.2, 0.25) is 0 Å². The molecule has 3 aromatic rings. The van der Waals surface area contributed by atoms with Gasteiger partial charge >= 0.3 is 0 Å². The van der Waals surface area contributed by atoms with Crippen LogP contribution in [0.1, 0.15) is 31.4 Å². The molecule has 3 heterocycles. The van der Waals surface area contributed by atoms with Gasteiger partial charge in [0, 0.05) is 26.2 Å². The van der Waals surface area contributed by atoms with E-state index in [-0.39, 0.29) is 18.4 Å². The summed E-state index contributed by atoms with van der Waals surface area (Å²) >= 11 is 1.44. The van der Waals surface area contributed by atoms with Crippen LogP contribution in [0.3, 0.4) is 0 Å². The van der Waals surface area contributed by atoms with Crippen LogP contribution in [0.25, 0.3) is 11.0 Å². The molecule has 2 aliphatic heterocycles. The Hall–Kier alpha value is -2.80. The first kappa shape index (κ1) is 23.0. The molecule has 2 atom stereocenters. The van der Waals surface area contributed by atoms with E-state index in [4.69, 9.17) is 4.98 Å². The standard InChI is InChI=1S/C27H32N4O2S/c1-19-13-20(2)15-30(14-19)25(32)17-31-24-10-6-5-9-23(24)28-27(31)34-18-26(33)29-12-11-21-7-3-4-8-22(21)16-29/h3-10,19-20H,11-18H2,1-2H3/t19-,20-/m0/s1. The lowest BCUT2D eigenvalue weighted by Crippen LogP contribution is -2.44. The summed E-state index contributed by atoms with van der Waals surface area (Å²) < 4.78 is 1.99. The molecule has 178 valence electrons. The number of likely N-dealkylation sites (tertiary alicyclic amines) is 1. The number of amides is 2. The van der Waals surface area contributed by atoms with E-state index >= 15 is 0 Å². The Kier molecular flexibility index (Phi) is 6.63. The highest BCUT2D eigenvalue weighted by Crippen LogP contribution is 2.27. The van der Waals surface area contributed by atoms with Crippen molar-refractivity contribution in [2.24, 2.45) is 11.8 Å². The van der Waals surface area contributed by atoms with Crippen molar-refractivity contribution in [3.05, 3.63) is 59.7 Å². The molecule has 6 nitrogen and oxygen atoms in total. The fourth-order valence-electron chi connectivity index (χ4n) is 5.34. The first-order valence-corrected chi connectivity index (χ1v) is 13.2. The average Bonchev–Trinajstić information content (AvgIpc) is 3.18. The lowest BCUT2D eigenvalue weighted by molar-refractivity contribution is -0.134. The Morgan fingerprint density at radius 1 is 0.941 bits per heavy atom. The van der Waals surface area contributed by atoms with Crippen molar-refractivity contribution < 1.29 is 9.59 Å². The molecule has 1 saturated heterocycles. The fourth-order valence-corrected chi connectivity index (χ4v) is 6.26. The number of fused-ring (bicyclic) bond motifs is 2. The minimum absolute atomic E-state index is 0.114. The maximum absolute atomic E-state index is 13.2. The monoisotopic (exact) mass is 476 g/mol. The van der Waals surface area contributed by atoms with Gasteiger partial charge < -0.3 is 14.4 Å². The number of rotatable bonds is 5. The molecular formula is C27H32N4O2S. The van der Waals surface area contributed by atoms with Crippen LogP contribution in [-0.2, 0) is 29.1 Å². The van der Waals surface area contributed by atoms with E-state index in [1.807, 2.05) is 44.7 Å². The Labute approximate surface area is 205 Å². The predicted molar refractivity (Wildman–Crippen MR) is 136 cm³/mol. The van der Waals surface area contributed by atoms with Crippen molar-refractivity contribution in [2.75, 3.05) is 25.4 Å². The molecule has 0 radical (unpaired) electrons. The van der Waals surface area contributed by atoms with Crippen LogP contribution < -0.4 is 0 Å². The predicted octanol–water partition coefficient (Wildman–Crippen LogP) is 4.22. The lowest BCUT2D eigenvalue weighted by atomic mass is 9.92. The van der Waals surface area contributed by atoms with Crippen LogP contribution in [0, 0.1) is 11.8 Å². The second-order valence-corrected chi connectivity index (χ2v) is 10.8. The largest absolute Gasteiger partial charge is 0.341 e. The number of carbonyl (C=O) groups excluding carboxylic acids is 2. The van der Waals surface area contributed by atoms with Gasteiger partial charge in [0.05, 0.1) is 16.8 Å². The third-order valence-corrected chi connectivity index (χ3v) is 7.90. The average molecular weight is 477 g/mol. The number of nitrogens with zero attached hydrogens (tertiary/aromatic N) is 4. The van der Waals surface area contributed by atoms with Gasteiger partial charge in [-0.25, -0.2) is 4.98 Å². The third kappa shape index (κ3) is 4.85. The van der Waals surface area contributed by atoms with Crippen LogP contribution in [0.15, 0.2) is 53.7 Å². The van der Waals surface area contributed by atoms with Crippen molar-refractivity contribution in [1.82, 2.24) is 19.4 Å². The molecule has 0 spiro atoms. The van der Waals surface area contributed by atoms with Crippen LogP contribution >= 0.6 is 11.8 Å². The van der Waals surface area contributed by atoms with Gasteiger partial charge in [0.25, 0.3) is 0 Å². The minimum Gasteiger partial charge on any atom is -0.341 e. The molecule has 0 N–H and O–H groups in total. The highest BCUT2D eigenvalue weighted by molar-refractivity contribution is 7.99. The molecule has 2 aromatic carbocycles. The number of carbonyl (C=O) groups is 2. The molecule has 5 rings (SSSR count). The van der Waals surface area contributed by atoms with E-state index in [1.54, 1.807) is 0 Å². The highest BCUT2D eigenvalue weighted by Gasteiger charge is 2.27. The van der Waals surface area contributed by atoms with Gasteiger partial charge in [-0.3, -0.25) is 9.59 Å². The summed E-state index contributed by atoms with van der Waals surface area (Å²) in [6, 6.07) is 16.2. The summed E-state index contributed by atoms with van der Waals surface area (Å²) in [6.45, 7) is 7.73. The number of benzene rings is 2. The summed E-state index contributed by atoms with van der Waals surface area (Å²) in [5, 5.41) is 0.735. The SMILES string of the molecule is C[C@H]1C[C@H](C)CN(C(=O)Cn2c(SCC(=O)N3CCc4ccccc4C3)nc3ccccc32)C1.